The van der Waals surface area contributed by atoms with E-state index in [0.29, 0.717) is 22.7 Å². The second kappa shape index (κ2) is 9.89. The molecular formula is C29H36N2O5SSi. The fourth-order valence-electron chi connectivity index (χ4n) is 5.83. The average Bonchev–Trinajstić information content (AvgIpc) is 3.50. The molecule has 0 aliphatic carbocycles. The van der Waals surface area contributed by atoms with Crippen LogP contribution < -0.4 is 21.8 Å². The predicted molar refractivity (Wildman–Crippen MR) is 152 cm³/mol. The molecule has 9 heteroatoms. The SMILES string of the molecule is CC1(C)O[C@@H]2[C@H](O1)[C@@H](CO[Si](c1ccccc1)(c1ccccc1)C(C)(C)C)O[C@H]2c1csc(C(N)=O)c1N. The van der Waals surface area contributed by atoms with Gasteiger partial charge in [-0.25, -0.2) is 0 Å². The normalized spacial score (nSPS) is 24.9. The third kappa shape index (κ3) is 4.61. The summed E-state index contributed by atoms with van der Waals surface area (Å²) >= 11 is 1.22. The van der Waals surface area contributed by atoms with Gasteiger partial charge in [-0.2, -0.15) is 0 Å². The molecule has 5 rings (SSSR count). The summed E-state index contributed by atoms with van der Waals surface area (Å²) in [6.45, 7) is 10.8. The van der Waals surface area contributed by atoms with Crippen LogP contribution in [0.25, 0.3) is 0 Å². The summed E-state index contributed by atoms with van der Waals surface area (Å²) in [6.07, 6.45) is -1.65. The molecule has 2 aliphatic heterocycles. The molecule has 2 saturated heterocycles. The fraction of sp³-hybridized carbons (Fsp3) is 0.414. The molecule has 38 heavy (non-hydrogen) atoms. The Morgan fingerprint density at radius 1 is 1.00 bits per heavy atom. The molecule has 0 saturated carbocycles. The minimum atomic E-state index is -2.78. The van der Waals surface area contributed by atoms with Crippen LogP contribution in [0.1, 0.15) is 56.0 Å². The van der Waals surface area contributed by atoms with E-state index in [1.165, 1.54) is 21.7 Å². The van der Waals surface area contributed by atoms with Crippen LogP contribution in [0.3, 0.4) is 0 Å². The summed E-state index contributed by atoms with van der Waals surface area (Å²) in [4.78, 5) is 12.2. The summed E-state index contributed by atoms with van der Waals surface area (Å²) in [7, 11) is -2.78. The number of thiophene rings is 1. The molecule has 3 heterocycles. The van der Waals surface area contributed by atoms with Crippen molar-refractivity contribution in [1.29, 1.82) is 0 Å². The zero-order valence-corrected chi connectivity index (χ0v) is 24.3. The third-order valence-corrected chi connectivity index (χ3v) is 13.5. The van der Waals surface area contributed by atoms with Crippen LogP contribution in [0.5, 0.6) is 0 Å². The lowest BCUT2D eigenvalue weighted by Crippen LogP contribution is -2.67. The first-order chi connectivity index (χ1) is 17.9. The number of carbonyl (C=O) groups excluding carboxylic acids is 1. The maximum Gasteiger partial charge on any atom is 0.261 e. The molecule has 7 nitrogen and oxygen atoms in total. The molecule has 0 bridgehead atoms. The number of carbonyl (C=O) groups is 1. The molecule has 0 spiro atoms. The van der Waals surface area contributed by atoms with Gasteiger partial charge in [0.2, 0.25) is 0 Å². The first kappa shape index (κ1) is 27.0. The predicted octanol–water partition coefficient (Wildman–Crippen LogP) is 3.97. The number of rotatable bonds is 7. The first-order valence-electron chi connectivity index (χ1n) is 12.9. The Bertz CT molecular complexity index is 1250. The quantitative estimate of drug-likeness (QED) is 0.430. The second-order valence-corrected chi connectivity index (χ2v) is 16.6. The summed E-state index contributed by atoms with van der Waals surface area (Å²) in [5.41, 5.74) is 12.9. The molecule has 3 aromatic rings. The maximum absolute atomic E-state index is 11.9. The number of primary amides is 1. The highest BCUT2D eigenvalue weighted by Crippen LogP contribution is 2.48. The Morgan fingerprint density at radius 3 is 2.05 bits per heavy atom. The smallest absolute Gasteiger partial charge is 0.261 e. The van der Waals surface area contributed by atoms with Gasteiger partial charge >= 0.3 is 0 Å². The Labute approximate surface area is 229 Å². The summed E-state index contributed by atoms with van der Waals surface area (Å²) in [6, 6.07) is 21.0. The number of hydrogen-bond acceptors (Lipinski definition) is 7. The number of hydrogen-bond donors (Lipinski definition) is 2. The lowest BCUT2D eigenvalue weighted by molar-refractivity contribution is -0.190. The van der Waals surface area contributed by atoms with Crippen molar-refractivity contribution in [2.75, 3.05) is 12.3 Å². The Balaban J connectivity index is 1.51. The van der Waals surface area contributed by atoms with Gasteiger partial charge in [-0.15, -0.1) is 11.3 Å². The van der Waals surface area contributed by atoms with E-state index in [2.05, 4.69) is 69.3 Å². The molecule has 2 fully saturated rings. The van der Waals surface area contributed by atoms with Crippen molar-refractivity contribution in [2.24, 2.45) is 5.73 Å². The van der Waals surface area contributed by atoms with Crippen molar-refractivity contribution < 1.29 is 23.4 Å². The highest BCUT2D eigenvalue weighted by Gasteiger charge is 2.58. The van der Waals surface area contributed by atoms with Crippen molar-refractivity contribution in [2.45, 2.75) is 69.9 Å². The highest BCUT2D eigenvalue weighted by atomic mass is 32.1. The molecule has 0 unspecified atom stereocenters. The van der Waals surface area contributed by atoms with Gasteiger partial charge in [0.25, 0.3) is 14.2 Å². The van der Waals surface area contributed by atoms with E-state index in [-0.39, 0.29) is 11.1 Å². The Hall–Kier alpha value is -2.53. The standard InChI is InChI=1S/C29H36N2O5SSi/c1-28(2,3)38(18-12-8-6-9-13-18,19-14-10-7-11-15-19)33-16-21-24-25(36-29(4,5)35-24)23(34-21)20-17-37-26(22(20)30)27(31)32/h6-15,17,21,23-25H,16,30H2,1-5H3,(H2,31,32)/t21-,23+,24-,25+/m1/s1. The summed E-state index contributed by atoms with van der Waals surface area (Å²) < 4.78 is 26.4. The first-order valence-corrected chi connectivity index (χ1v) is 15.7. The van der Waals surface area contributed by atoms with E-state index in [0.717, 1.165) is 0 Å². The monoisotopic (exact) mass is 552 g/mol. The Kier molecular flexibility index (Phi) is 7.04. The zero-order chi connectivity index (χ0) is 27.3. The maximum atomic E-state index is 11.9. The van der Waals surface area contributed by atoms with Crippen LogP contribution >= 0.6 is 11.3 Å². The van der Waals surface area contributed by atoms with Crippen molar-refractivity contribution in [1.82, 2.24) is 0 Å². The number of anilines is 1. The lowest BCUT2D eigenvalue weighted by Gasteiger charge is -2.43. The zero-order valence-electron chi connectivity index (χ0n) is 22.5. The van der Waals surface area contributed by atoms with Crippen LogP contribution in [-0.2, 0) is 18.6 Å². The van der Waals surface area contributed by atoms with Crippen molar-refractivity contribution >= 4 is 41.6 Å². The minimum absolute atomic E-state index is 0.173. The van der Waals surface area contributed by atoms with Gasteiger partial charge in [0.05, 0.1) is 12.3 Å². The van der Waals surface area contributed by atoms with Gasteiger partial charge in [-0.05, 0) is 34.6 Å². The van der Waals surface area contributed by atoms with E-state index >= 15 is 0 Å². The Morgan fingerprint density at radius 2 is 1.55 bits per heavy atom. The number of ether oxygens (including phenoxy) is 3. The van der Waals surface area contributed by atoms with Gasteiger partial charge in [0.15, 0.2) is 5.79 Å². The molecule has 2 aromatic carbocycles. The average molecular weight is 553 g/mol. The highest BCUT2D eigenvalue weighted by molar-refractivity contribution is 7.12. The van der Waals surface area contributed by atoms with E-state index in [4.69, 9.17) is 30.1 Å². The number of nitrogen functional groups attached to an aromatic ring is 1. The van der Waals surface area contributed by atoms with Crippen molar-refractivity contribution in [3.63, 3.8) is 0 Å². The van der Waals surface area contributed by atoms with E-state index in [1.807, 2.05) is 31.4 Å². The third-order valence-electron chi connectivity index (χ3n) is 7.42. The molecule has 2 aliphatic rings. The largest absolute Gasteiger partial charge is 0.405 e. The fourth-order valence-corrected chi connectivity index (χ4v) is 11.3. The topological polar surface area (TPSA) is 106 Å². The van der Waals surface area contributed by atoms with E-state index in [9.17, 15) is 4.79 Å². The van der Waals surface area contributed by atoms with Gasteiger partial charge in [0, 0.05) is 5.56 Å². The number of amides is 1. The van der Waals surface area contributed by atoms with Gasteiger partial charge in [-0.3, -0.25) is 4.79 Å². The van der Waals surface area contributed by atoms with Crippen molar-refractivity contribution in [3.8, 4) is 0 Å². The second-order valence-electron chi connectivity index (χ2n) is 11.4. The van der Waals surface area contributed by atoms with Gasteiger partial charge in [-0.1, -0.05) is 81.4 Å². The van der Waals surface area contributed by atoms with Crippen LogP contribution in [-0.4, -0.2) is 44.9 Å². The number of nitrogens with two attached hydrogens (primary N) is 2. The molecule has 1 amide bonds. The summed E-state index contributed by atoms with van der Waals surface area (Å²) in [5, 5.41) is 4.05. The van der Waals surface area contributed by atoms with E-state index in [1.54, 1.807) is 0 Å². The van der Waals surface area contributed by atoms with Crippen LogP contribution in [0, 0.1) is 0 Å². The molecule has 4 atom stereocenters. The van der Waals surface area contributed by atoms with Crippen LogP contribution in [0.4, 0.5) is 5.69 Å². The molecule has 202 valence electrons. The number of benzene rings is 2. The minimum Gasteiger partial charge on any atom is -0.405 e. The van der Waals surface area contributed by atoms with Crippen LogP contribution in [0.2, 0.25) is 5.04 Å². The van der Waals surface area contributed by atoms with Crippen LogP contribution in [0.15, 0.2) is 66.0 Å². The molecular weight excluding hydrogens is 516 g/mol. The van der Waals surface area contributed by atoms with Gasteiger partial charge < -0.3 is 30.1 Å². The molecule has 1 aromatic heterocycles. The lowest BCUT2D eigenvalue weighted by atomic mass is 10.0. The molecule has 0 radical (unpaired) electrons. The summed E-state index contributed by atoms with van der Waals surface area (Å²) in [5.74, 6) is -1.34. The number of fused-ring (bicyclic) bond motifs is 1. The van der Waals surface area contributed by atoms with Crippen molar-refractivity contribution in [3.05, 3.63) is 76.5 Å². The van der Waals surface area contributed by atoms with Gasteiger partial charge in [0.1, 0.15) is 29.3 Å². The molecule has 4 N–H and O–H groups in total. The van der Waals surface area contributed by atoms with E-state index < -0.39 is 38.3 Å².